The lowest BCUT2D eigenvalue weighted by atomic mass is 9.67. The Hall–Kier alpha value is -8.26. The molecule has 0 saturated carbocycles. The highest BCUT2D eigenvalue weighted by molar-refractivity contribution is 5.97. The lowest BCUT2D eigenvalue weighted by Crippen LogP contribution is -2.28. The Kier molecular flexibility index (Phi) is 9.13. The second kappa shape index (κ2) is 15.6. The van der Waals surface area contributed by atoms with Crippen LogP contribution in [0, 0.1) is 0 Å². The van der Waals surface area contributed by atoms with Gasteiger partial charge in [0.25, 0.3) is 0 Å². The summed E-state index contributed by atoms with van der Waals surface area (Å²) < 4.78 is 0. The summed E-state index contributed by atoms with van der Waals surface area (Å²) in [7, 11) is 0. The predicted molar refractivity (Wildman–Crippen MR) is 270 cm³/mol. The maximum absolute atomic E-state index is 2.42. The fraction of sp³-hybridized carbons (Fsp3) is 0.0159. The number of rotatable bonds is 8. The molecular weight excluding hydrogens is 771 g/mol. The minimum absolute atomic E-state index is 0.450. The van der Waals surface area contributed by atoms with Gasteiger partial charge in [-0.15, -0.1) is 0 Å². The third kappa shape index (κ3) is 6.16. The molecule has 0 bridgehead atoms. The van der Waals surface area contributed by atoms with Crippen molar-refractivity contribution in [2.24, 2.45) is 0 Å². The monoisotopic (exact) mass is 813 g/mol. The van der Waals surface area contributed by atoms with Crippen LogP contribution in [0.3, 0.4) is 0 Å². The van der Waals surface area contributed by atoms with Crippen LogP contribution >= 0.6 is 0 Å². The quantitative estimate of drug-likeness (QED) is 0.148. The van der Waals surface area contributed by atoms with Gasteiger partial charge >= 0.3 is 0 Å². The Morgan fingerprint density at radius 1 is 0.266 bits per heavy atom. The first-order chi connectivity index (χ1) is 31.7. The van der Waals surface area contributed by atoms with Crippen molar-refractivity contribution >= 4 is 38.6 Å². The van der Waals surface area contributed by atoms with Crippen LogP contribution in [0.5, 0.6) is 0 Å². The van der Waals surface area contributed by atoms with Crippen LogP contribution in [-0.2, 0) is 5.41 Å². The fourth-order valence-electron chi connectivity index (χ4n) is 10.4. The Morgan fingerprint density at radius 3 is 1.44 bits per heavy atom. The number of hydrogen-bond acceptors (Lipinski definition) is 1. The molecule has 1 aliphatic rings. The van der Waals surface area contributed by atoms with Gasteiger partial charge in [-0.3, -0.25) is 0 Å². The molecule has 0 amide bonds. The first-order valence-electron chi connectivity index (χ1n) is 22.2. The molecule has 1 nitrogen and oxygen atoms in total. The SMILES string of the molecule is c1ccc(C2(c3ccccc3)c3ccccc3-c3c(-c4ccc(N(c5ccc6ccccc6c5)c5ccccc5-c5ccc(-c6ccc7ccccc7c6)cc5)cc4)cccc32)cc1. The van der Waals surface area contributed by atoms with Gasteiger partial charge in [-0.05, 0) is 119 Å². The molecule has 300 valence electrons. The lowest BCUT2D eigenvalue weighted by Gasteiger charge is -2.34. The number of para-hydroxylation sites is 1. The third-order valence-corrected chi connectivity index (χ3v) is 13.3. The second-order valence-corrected chi connectivity index (χ2v) is 16.8. The summed E-state index contributed by atoms with van der Waals surface area (Å²) in [5, 5.41) is 4.93. The van der Waals surface area contributed by atoms with Crippen LogP contribution in [0.2, 0.25) is 0 Å². The van der Waals surface area contributed by atoms with Crippen molar-refractivity contribution in [3.8, 4) is 44.5 Å². The predicted octanol–water partition coefficient (Wildman–Crippen LogP) is 16.8. The smallest absolute Gasteiger partial charge is 0.0713 e. The average Bonchev–Trinajstić information content (AvgIpc) is 3.68. The Balaban J connectivity index is 0.985. The molecule has 0 heterocycles. The van der Waals surface area contributed by atoms with Crippen LogP contribution in [0.25, 0.3) is 66.1 Å². The molecule has 0 spiro atoms. The largest absolute Gasteiger partial charge is 0.310 e. The first-order valence-corrected chi connectivity index (χ1v) is 22.2. The van der Waals surface area contributed by atoms with E-state index >= 15 is 0 Å². The average molecular weight is 814 g/mol. The maximum atomic E-state index is 2.42. The zero-order valence-electron chi connectivity index (χ0n) is 35.3. The summed E-state index contributed by atoms with van der Waals surface area (Å²) in [4.78, 5) is 2.42. The van der Waals surface area contributed by atoms with Crippen LogP contribution in [-0.4, -0.2) is 0 Å². The van der Waals surface area contributed by atoms with Crippen LogP contribution in [0.1, 0.15) is 22.3 Å². The molecule has 0 saturated heterocycles. The Labute approximate surface area is 374 Å². The van der Waals surface area contributed by atoms with E-state index in [1.54, 1.807) is 0 Å². The molecule has 0 unspecified atom stereocenters. The fourth-order valence-corrected chi connectivity index (χ4v) is 10.4. The molecule has 0 aliphatic heterocycles. The first kappa shape index (κ1) is 37.5. The summed E-state index contributed by atoms with van der Waals surface area (Å²) in [6, 6.07) is 95.8. The highest BCUT2D eigenvalue weighted by Gasteiger charge is 2.46. The van der Waals surface area contributed by atoms with Gasteiger partial charge in [-0.25, -0.2) is 0 Å². The summed E-state index contributed by atoms with van der Waals surface area (Å²) in [5.41, 5.74) is 17.8. The molecule has 1 heteroatoms. The van der Waals surface area contributed by atoms with E-state index in [0.29, 0.717) is 0 Å². The van der Waals surface area contributed by atoms with E-state index in [1.807, 2.05) is 0 Å². The van der Waals surface area contributed by atoms with Gasteiger partial charge in [-0.2, -0.15) is 0 Å². The van der Waals surface area contributed by atoms with Crippen molar-refractivity contribution in [3.05, 3.63) is 283 Å². The van der Waals surface area contributed by atoms with Gasteiger partial charge < -0.3 is 4.90 Å². The molecule has 0 aromatic heterocycles. The Bertz CT molecular complexity index is 3440. The molecule has 11 aromatic carbocycles. The summed E-state index contributed by atoms with van der Waals surface area (Å²) in [6.45, 7) is 0. The molecular formula is C63H43N. The lowest BCUT2D eigenvalue weighted by molar-refractivity contribution is 0.768. The van der Waals surface area contributed by atoms with E-state index in [2.05, 4.69) is 266 Å². The van der Waals surface area contributed by atoms with Gasteiger partial charge in [0.15, 0.2) is 0 Å². The van der Waals surface area contributed by atoms with Crippen molar-refractivity contribution in [2.45, 2.75) is 5.41 Å². The van der Waals surface area contributed by atoms with Crippen molar-refractivity contribution in [1.29, 1.82) is 0 Å². The normalized spacial score (nSPS) is 12.5. The molecule has 1 aliphatic carbocycles. The van der Waals surface area contributed by atoms with E-state index in [9.17, 15) is 0 Å². The number of fused-ring (bicyclic) bond motifs is 5. The summed E-state index contributed by atoms with van der Waals surface area (Å²) in [5.74, 6) is 0. The topological polar surface area (TPSA) is 3.24 Å². The molecule has 0 fully saturated rings. The van der Waals surface area contributed by atoms with Crippen molar-refractivity contribution in [3.63, 3.8) is 0 Å². The molecule has 0 N–H and O–H groups in total. The molecule has 0 radical (unpaired) electrons. The highest BCUT2D eigenvalue weighted by Crippen LogP contribution is 2.58. The standard InChI is InChI=1S/C63H43N/c1-3-20-52(21-4-1)63(53-22-5-2-6-23-53)59-27-13-11-25-58(59)62-57(26-15-28-60(62)63)48-37-39-54(40-38-48)64(55-41-36-45-17-8-10-19-50(45)43-55)61-29-14-12-24-56(61)47-33-30-46(31-34-47)51-35-32-44-16-7-9-18-49(44)42-51/h1-43H. The van der Waals surface area contributed by atoms with E-state index in [-0.39, 0.29) is 0 Å². The van der Waals surface area contributed by atoms with E-state index in [0.717, 1.165) is 17.1 Å². The van der Waals surface area contributed by atoms with Gasteiger partial charge in [-0.1, -0.05) is 224 Å². The maximum Gasteiger partial charge on any atom is 0.0713 e. The van der Waals surface area contributed by atoms with Crippen LogP contribution in [0.15, 0.2) is 261 Å². The number of nitrogens with zero attached hydrogens (tertiary/aromatic N) is 1. The third-order valence-electron chi connectivity index (χ3n) is 13.3. The zero-order chi connectivity index (χ0) is 42.5. The van der Waals surface area contributed by atoms with Gasteiger partial charge in [0.2, 0.25) is 0 Å². The molecule has 11 aromatic rings. The zero-order valence-corrected chi connectivity index (χ0v) is 35.3. The van der Waals surface area contributed by atoms with Gasteiger partial charge in [0, 0.05) is 16.9 Å². The minimum Gasteiger partial charge on any atom is -0.310 e. The van der Waals surface area contributed by atoms with Gasteiger partial charge in [0.05, 0.1) is 11.1 Å². The number of hydrogen-bond donors (Lipinski definition) is 0. The Morgan fingerprint density at radius 2 is 0.734 bits per heavy atom. The van der Waals surface area contributed by atoms with Crippen LogP contribution < -0.4 is 4.90 Å². The molecule has 12 rings (SSSR count). The van der Waals surface area contributed by atoms with Gasteiger partial charge in [0.1, 0.15) is 0 Å². The van der Waals surface area contributed by atoms with E-state index in [4.69, 9.17) is 0 Å². The van der Waals surface area contributed by atoms with Crippen molar-refractivity contribution in [1.82, 2.24) is 0 Å². The highest BCUT2D eigenvalue weighted by atomic mass is 15.1. The number of benzene rings is 11. The van der Waals surface area contributed by atoms with E-state index < -0.39 is 5.41 Å². The number of anilines is 3. The van der Waals surface area contributed by atoms with Crippen molar-refractivity contribution < 1.29 is 0 Å². The molecule has 0 atom stereocenters. The second-order valence-electron chi connectivity index (χ2n) is 16.8. The van der Waals surface area contributed by atoms with Crippen molar-refractivity contribution in [2.75, 3.05) is 4.90 Å². The van der Waals surface area contributed by atoms with E-state index in [1.165, 1.54) is 88.3 Å². The summed E-state index contributed by atoms with van der Waals surface area (Å²) >= 11 is 0. The minimum atomic E-state index is -0.450. The molecule has 64 heavy (non-hydrogen) atoms. The summed E-state index contributed by atoms with van der Waals surface area (Å²) in [6.07, 6.45) is 0. The van der Waals surface area contributed by atoms with Crippen LogP contribution in [0.4, 0.5) is 17.1 Å².